The molecule has 152 valence electrons. The molecule has 0 fully saturated rings. The largest absolute Gasteiger partial charge is 0.497 e. The summed E-state index contributed by atoms with van der Waals surface area (Å²) in [6.07, 6.45) is 7.00. The Morgan fingerprint density at radius 3 is 2.22 bits per heavy atom. The van der Waals surface area contributed by atoms with Gasteiger partial charge in [0.1, 0.15) is 17.6 Å². The molecule has 0 aliphatic heterocycles. The number of carbonyl (C=O) groups is 2. The molecule has 1 amide bonds. The molecule has 0 aromatic carbocycles. The van der Waals surface area contributed by atoms with Crippen molar-refractivity contribution in [2.75, 3.05) is 7.11 Å². The van der Waals surface area contributed by atoms with E-state index in [4.69, 9.17) is 15.2 Å². The van der Waals surface area contributed by atoms with E-state index in [1.807, 2.05) is 26.8 Å². The van der Waals surface area contributed by atoms with E-state index < -0.39 is 6.09 Å². The average Bonchev–Trinajstić information content (AvgIpc) is 2.59. The monoisotopic (exact) mass is 378 g/mol. The Bertz CT molecular complexity index is 639. The summed E-state index contributed by atoms with van der Waals surface area (Å²) in [6, 6.07) is 0. The van der Waals surface area contributed by atoms with Crippen molar-refractivity contribution in [2.45, 2.75) is 66.9 Å². The molecule has 0 aliphatic rings. The minimum absolute atomic E-state index is 0.0191. The van der Waals surface area contributed by atoms with Gasteiger partial charge in [-0.2, -0.15) is 0 Å². The lowest BCUT2D eigenvalue weighted by molar-refractivity contribution is -0.112. The van der Waals surface area contributed by atoms with Crippen molar-refractivity contribution >= 4 is 11.9 Å². The van der Waals surface area contributed by atoms with Crippen LogP contribution in [-0.4, -0.2) is 25.1 Å². The van der Waals surface area contributed by atoms with Gasteiger partial charge in [0.2, 0.25) is 5.78 Å². The fourth-order valence-corrected chi connectivity index (χ4v) is 2.35. The second-order valence-corrected chi connectivity index (χ2v) is 6.40. The quantitative estimate of drug-likeness (QED) is 0.332. The highest BCUT2D eigenvalue weighted by atomic mass is 16.6. The van der Waals surface area contributed by atoms with Gasteiger partial charge in [0.25, 0.3) is 0 Å². The second kappa shape index (κ2) is 12.8. The molecule has 0 saturated heterocycles. The summed E-state index contributed by atoms with van der Waals surface area (Å²) in [4.78, 5) is 24.7. The van der Waals surface area contributed by atoms with E-state index in [0.29, 0.717) is 11.3 Å². The van der Waals surface area contributed by atoms with Gasteiger partial charge in [-0.25, -0.2) is 4.79 Å². The van der Waals surface area contributed by atoms with E-state index in [1.165, 1.54) is 0 Å². The Balaban J connectivity index is 5.35. The molecule has 0 bridgehead atoms. The van der Waals surface area contributed by atoms with Crippen LogP contribution in [0, 0.1) is 0 Å². The van der Waals surface area contributed by atoms with E-state index >= 15 is 0 Å². The fourth-order valence-electron chi connectivity index (χ4n) is 2.35. The summed E-state index contributed by atoms with van der Waals surface area (Å²) in [5.74, 6) is 0.290. The topological polar surface area (TPSA) is 90.7 Å². The molecule has 27 heavy (non-hydrogen) atoms. The Morgan fingerprint density at radius 2 is 1.74 bits per heavy atom. The number of rotatable bonds is 10. The first-order chi connectivity index (χ1) is 12.7. The van der Waals surface area contributed by atoms with Crippen molar-refractivity contribution in [3.63, 3.8) is 0 Å². The number of Topliss-reactive ketones (excluding diaryl/α,β-unsaturated/α-hetero) is 1. The van der Waals surface area contributed by atoms with Crippen molar-refractivity contribution in [3.8, 4) is 0 Å². The van der Waals surface area contributed by atoms with Crippen LogP contribution in [0.25, 0.3) is 0 Å². The molecule has 6 nitrogen and oxygen atoms in total. The molecule has 1 unspecified atom stereocenters. The Morgan fingerprint density at radius 1 is 1.11 bits per heavy atom. The van der Waals surface area contributed by atoms with Gasteiger partial charge in [0.15, 0.2) is 0 Å². The third kappa shape index (κ3) is 9.13. The van der Waals surface area contributed by atoms with Crippen LogP contribution in [0.3, 0.4) is 0 Å². The van der Waals surface area contributed by atoms with Gasteiger partial charge in [-0.15, -0.1) is 0 Å². The van der Waals surface area contributed by atoms with Gasteiger partial charge >= 0.3 is 6.09 Å². The van der Waals surface area contributed by atoms with Crippen LogP contribution < -0.4 is 11.1 Å². The van der Waals surface area contributed by atoms with Gasteiger partial charge in [-0.3, -0.25) is 10.1 Å². The summed E-state index contributed by atoms with van der Waals surface area (Å²) in [6.45, 7) is 11.0. The molecule has 0 radical (unpaired) electrons. The lowest BCUT2D eigenvalue weighted by atomic mass is 10.1. The van der Waals surface area contributed by atoms with Crippen LogP contribution in [0.1, 0.15) is 60.8 Å². The number of hydrogen-bond donors (Lipinski definition) is 2. The van der Waals surface area contributed by atoms with E-state index in [2.05, 4.69) is 5.32 Å². The first-order valence-corrected chi connectivity index (χ1v) is 9.26. The third-order valence-corrected chi connectivity index (χ3v) is 3.81. The highest BCUT2D eigenvalue weighted by Gasteiger charge is 2.18. The summed E-state index contributed by atoms with van der Waals surface area (Å²) in [7, 11) is 1.58. The predicted molar refractivity (Wildman–Crippen MR) is 109 cm³/mol. The number of hydrogen-bond acceptors (Lipinski definition) is 5. The Labute approximate surface area is 163 Å². The van der Waals surface area contributed by atoms with Crippen molar-refractivity contribution in [1.29, 1.82) is 0 Å². The molecule has 3 N–H and O–H groups in total. The number of alkyl carbamates (subject to hydrolysis) is 1. The first-order valence-electron chi connectivity index (χ1n) is 9.26. The molecular weight excluding hydrogens is 344 g/mol. The van der Waals surface area contributed by atoms with Gasteiger partial charge in [0.05, 0.1) is 7.11 Å². The fraction of sp³-hybridized carbons (Fsp3) is 0.524. The molecule has 0 aromatic heterocycles. The number of carbonyl (C=O) groups excluding carboxylic acids is 2. The van der Waals surface area contributed by atoms with Crippen LogP contribution >= 0.6 is 0 Å². The number of ether oxygens (including phenoxy) is 2. The smallest absolute Gasteiger partial charge is 0.412 e. The molecule has 0 rings (SSSR count). The number of methoxy groups -OCH3 is 1. The van der Waals surface area contributed by atoms with Crippen LogP contribution in [-0.2, 0) is 14.3 Å². The normalized spacial score (nSPS) is 15.0. The maximum Gasteiger partial charge on any atom is 0.412 e. The van der Waals surface area contributed by atoms with E-state index in [0.717, 1.165) is 24.8 Å². The number of ketones is 1. The van der Waals surface area contributed by atoms with Crippen LogP contribution in [0.4, 0.5) is 4.79 Å². The molecule has 1 atom stereocenters. The van der Waals surface area contributed by atoms with Crippen molar-refractivity contribution in [3.05, 3.63) is 46.5 Å². The minimum atomic E-state index is -0.688. The second-order valence-electron chi connectivity index (χ2n) is 6.40. The predicted octanol–water partition coefficient (Wildman–Crippen LogP) is 4.49. The highest BCUT2D eigenvalue weighted by molar-refractivity contribution is 6.09. The maximum atomic E-state index is 12.7. The van der Waals surface area contributed by atoms with Gasteiger partial charge in [-0.05, 0) is 57.8 Å². The van der Waals surface area contributed by atoms with Gasteiger partial charge in [-0.1, -0.05) is 32.4 Å². The van der Waals surface area contributed by atoms with E-state index in [-0.39, 0.29) is 23.3 Å². The SMILES string of the molecule is CC/C=C(C)/C(=C\C=C(/C)C(=O)/C(NC(=O)OC(C)CCC)=C(/C)N)OC. The van der Waals surface area contributed by atoms with Crippen molar-refractivity contribution in [1.82, 2.24) is 5.32 Å². The molecule has 6 heteroatoms. The van der Waals surface area contributed by atoms with Crippen molar-refractivity contribution in [2.24, 2.45) is 5.73 Å². The molecule has 0 heterocycles. The lowest BCUT2D eigenvalue weighted by Gasteiger charge is -2.15. The number of amides is 1. The van der Waals surface area contributed by atoms with Crippen LogP contribution in [0.2, 0.25) is 0 Å². The van der Waals surface area contributed by atoms with E-state index in [9.17, 15) is 9.59 Å². The Kier molecular flexibility index (Phi) is 11.6. The average molecular weight is 379 g/mol. The van der Waals surface area contributed by atoms with Crippen LogP contribution in [0.15, 0.2) is 46.5 Å². The summed E-state index contributed by atoms with van der Waals surface area (Å²) >= 11 is 0. The number of nitrogens with one attached hydrogen (secondary N) is 1. The van der Waals surface area contributed by atoms with Gasteiger partial charge in [0, 0.05) is 5.70 Å². The molecule has 0 aliphatic carbocycles. The zero-order valence-corrected chi connectivity index (χ0v) is 17.6. The van der Waals surface area contributed by atoms with E-state index in [1.54, 1.807) is 40.0 Å². The standard InChI is InChI=1S/C21H34N2O4/c1-8-10-14(3)18(26-7)13-12-15(4)20(24)19(17(6)22)23-21(25)27-16(5)11-9-2/h10,12-13,16H,8-9,11,22H2,1-7H3,(H,23,25)/b14-10+,15-12+,18-13+,19-17+. The van der Waals surface area contributed by atoms with Crippen molar-refractivity contribution < 1.29 is 19.1 Å². The Hall–Kier alpha value is -2.50. The molecular formula is C21H34N2O4. The third-order valence-electron chi connectivity index (χ3n) is 3.81. The zero-order valence-electron chi connectivity index (χ0n) is 17.6. The summed E-state index contributed by atoms with van der Waals surface area (Å²) < 4.78 is 10.6. The maximum absolute atomic E-state index is 12.7. The van der Waals surface area contributed by atoms with Crippen LogP contribution in [0.5, 0.6) is 0 Å². The lowest BCUT2D eigenvalue weighted by Crippen LogP contribution is -2.32. The number of nitrogens with two attached hydrogens (primary N) is 1. The molecule has 0 aromatic rings. The molecule has 0 saturated carbocycles. The van der Waals surface area contributed by atoms with Gasteiger partial charge < -0.3 is 15.2 Å². The molecule has 0 spiro atoms. The summed E-state index contributed by atoms with van der Waals surface area (Å²) in [5, 5.41) is 2.47. The minimum Gasteiger partial charge on any atom is -0.497 e. The number of allylic oxidation sites excluding steroid dienone is 6. The first kappa shape index (κ1) is 24.5. The summed E-state index contributed by atoms with van der Waals surface area (Å²) in [5.41, 5.74) is 7.42. The highest BCUT2D eigenvalue weighted by Crippen LogP contribution is 2.13. The zero-order chi connectivity index (χ0) is 21.0.